The van der Waals surface area contributed by atoms with Gasteiger partial charge in [-0.1, -0.05) is 0 Å². The number of nitrogens with zero attached hydrogens (tertiary/aromatic N) is 2. The first-order chi connectivity index (χ1) is 7.67. The molecule has 1 unspecified atom stereocenters. The van der Waals surface area contributed by atoms with Crippen molar-refractivity contribution >= 4 is 5.91 Å². The molecule has 16 heavy (non-hydrogen) atoms. The van der Waals surface area contributed by atoms with E-state index in [4.69, 9.17) is 5.11 Å². The molecule has 0 radical (unpaired) electrons. The lowest BCUT2D eigenvalue weighted by molar-refractivity contribution is -0.122. The Morgan fingerprint density at radius 3 is 2.50 bits per heavy atom. The van der Waals surface area contributed by atoms with Crippen molar-refractivity contribution in [3.05, 3.63) is 0 Å². The Balaban J connectivity index is 2.24. The topological polar surface area (TPSA) is 55.8 Å². The fraction of sp³-hybridized carbons (Fsp3) is 0.909. The lowest BCUT2D eigenvalue weighted by atomic mass is 10.2. The molecule has 1 aliphatic heterocycles. The molecule has 0 aromatic carbocycles. The van der Waals surface area contributed by atoms with E-state index < -0.39 is 0 Å². The van der Waals surface area contributed by atoms with Crippen molar-refractivity contribution in [1.82, 2.24) is 15.1 Å². The molecule has 0 aromatic heterocycles. The molecule has 2 N–H and O–H groups in total. The molecule has 0 aliphatic carbocycles. The Hall–Kier alpha value is -0.650. The predicted molar refractivity (Wildman–Crippen MR) is 63.2 cm³/mol. The van der Waals surface area contributed by atoms with Crippen molar-refractivity contribution in [2.45, 2.75) is 19.9 Å². The summed E-state index contributed by atoms with van der Waals surface area (Å²) in [6.45, 7) is 9.02. The zero-order chi connectivity index (χ0) is 12.0. The number of hydrogen-bond acceptors (Lipinski definition) is 4. The fourth-order valence-corrected chi connectivity index (χ4v) is 1.93. The van der Waals surface area contributed by atoms with Gasteiger partial charge in [0, 0.05) is 38.8 Å². The summed E-state index contributed by atoms with van der Waals surface area (Å²) in [7, 11) is 0. The Labute approximate surface area is 97.4 Å². The molecule has 0 spiro atoms. The number of hydrogen-bond donors (Lipinski definition) is 2. The number of aliphatic hydroxyl groups excluding tert-OH is 1. The van der Waals surface area contributed by atoms with Gasteiger partial charge in [0.25, 0.3) is 0 Å². The standard InChI is InChI=1S/C11H23N3O2/c1-3-12-11(16)8-13-4-6-14(7-5-13)10(2)9-15/h10,15H,3-9H2,1-2H3,(H,12,16). The number of carbonyl (C=O) groups is 1. The number of piperazine rings is 1. The van der Waals surface area contributed by atoms with Gasteiger partial charge in [-0.3, -0.25) is 14.6 Å². The SMILES string of the molecule is CCNC(=O)CN1CCN(C(C)CO)CC1. The van der Waals surface area contributed by atoms with E-state index in [1.807, 2.05) is 13.8 Å². The van der Waals surface area contributed by atoms with Gasteiger partial charge in [0.05, 0.1) is 13.2 Å². The highest BCUT2D eigenvalue weighted by molar-refractivity contribution is 5.77. The van der Waals surface area contributed by atoms with Crippen molar-refractivity contribution in [2.75, 3.05) is 45.9 Å². The average molecular weight is 229 g/mol. The van der Waals surface area contributed by atoms with Crippen molar-refractivity contribution < 1.29 is 9.90 Å². The summed E-state index contributed by atoms with van der Waals surface area (Å²) < 4.78 is 0. The van der Waals surface area contributed by atoms with Crippen LogP contribution in [0.1, 0.15) is 13.8 Å². The van der Waals surface area contributed by atoms with Crippen LogP contribution in [0.25, 0.3) is 0 Å². The van der Waals surface area contributed by atoms with Gasteiger partial charge < -0.3 is 10.4 Å². The number of nitrogens with one attached hydrogen (secondary N) is 1. The molecule has 1 heterocycles. The quantitative estimate of drug-likeness (QED) is 0.643. The summed E-state index contributed by atoms with van der Waals surface area (Å²) in [6, 6.07) is 0.228. The van der Waals surface area contributed by atoms with Gasteiger partial charge in [0.2, 0.25) is 5.91 Å². The third-order valence-electron chi connectivity index (χ3n) is 3.04. The van der Waals surface area contributed by atoms with Gasteiger partial charge in [0.15, 0.2) is 0 Å². The predicted octanol–water partition coefficient (Wildman–Crippen LogP) is -0.879. The third kappa shape index (κ3) is 4.08. The fourth-order valence-electron chi connectivity index (χ4n) is 1.93. The highest BCUT2D eigenvalue weighted by Gasteiger charge is 2.21. The van der Waals surface area contributed by atoms with E-state index in [0.29, 0.717) is 13.1 Å². The van der Waals surface area contributed by atoms with E-state index in [1.54, 1.807) is 0 Å². The molecule has 1 fully saturated rings. The largest absolute Gasteiger partial charge is 0.395 e. The van der Waals surface area contributed by atoms with E-state index in [9.17, 15) is 4.79 Å². The molecule has 0 bridgehead atoms. The minimum absolute atomic E-state index is 0.103. The molecule has 1 aliphatic rings. The molecule has 0 aromatic rings. The Bertz CT molecular complexity index is 215. The van der Waals surface area contributed by atoms with Crippen molar-refractivity contribution in [3.8, 4) is 0 Å². The van der Waals surface area contributed by atoms with Crippen molar-refractivity contribution in [1.29, 1.82) is 0 Å². The van der Waals surface area contributed by atoms with E-state index in [-0.39, 0.29) is 18.6 Å². The van der Waals surface area contributed by atoms with Crippen LogP contribution in [-0.2, 0) is 4.79 Å². The van der Waals surface area contributed by atoms with E-state index in [0.717, 1.165) is 26.2 Å². The zero-order valence-electron chi connectivity index (χ0n) is 10.3. The second-order valence-electron chi connectivity index (χ2n) is 4.30. The Kier molecular flexibility index (Phi) is 5.73. The maximum Gasteiger partial charge on any atom is 0.234 e. The maximum atomic E-state index is 11.4. The van der Waals surface area contributed by atoms with Crippen LogP contribution in [0.3, 0.4) is 0 Å². The molecule has 5 nitrogen and oxygen atoms in total. The molecule has 1 rings (SSSR count). The lowest BCUT2D eigenvalue weighted by Crippen LogP contribution is -2.52. The normalized spacial score (nSPS) is 20.7. The van der Waals surface area contributed by atoms with Crippen molar-refractivity contribution in [3.63, 3.8) is 0 Å². The van der Waals surface area contributed by atoms with Gasteiger partial charge in [-0.2, -0.15) is 0 Å². The smallest absolute Gasteiger partial charge is 0.234 e. The van der Waals surface area contributed by atoms with Crippen LogP contribution in [0.15, 0.2) is 0 Å². The number of carbonyl (C=O) groups excluding carboxylic acids is 1. The molecule has 1 atom stereocenters. The molecule has 1 saturated heterocycles. The summed E-state index contributed by atoms with van der Waals surface area (Å²) in [5, 5.41) is 11.9. The van der Waals surface area contributed by atoms with Crippen LogP contribution in [-0.4, -0.2) is 72.7 Å². The van der Waals surface area contributed by atoms with Crippen LogP contribution in [0.5, 0.6) is 0 Å². The first kappa shape index (κ1) is 13.4. The molecular formula is C11H23N3O2. The molecule has 5 heteroatoms. The number of rotatable bonds is 5. The van der Waals surface area contributed by atoms with Gasteiger partial charge in [-0.05, 0) is 13.8 Å². The average Bonchev–Trinajstić information content (AvgIpc) is 2.29. The van der Waals surface area contributed by atoms with E-state index in [2.05, 4.69) is 15.1 Å². The van der Waals surface area contributed by atoms with E-state index in [1.165, 1.54) is 0 Å². The minimum atomic E-state index is 0.103. The van der Waals surface area contributed by atoms with E-state index >= 15 is 0 Å². The monoisotopic (exact) mass is 229 g/mol. The molecule has 0 saturated carbocycles. The number of aliphatic hydroxyl groups is 1. The summed E-state index contributed by atoms with van der Waals surface area (Å²) >= 11 is 0. The minimum Gasteiger partial charge on any atom is -0.395 e. The number of amides is 1. The Morgan fingerprint density at radius 1 is 1.38 bits per heavy atom. The Morgan fingerprint density at radius 2 is 2.00 bits per heavy atom. The third-order valence-corrected chi connectivity index (χ3v) is 3.04. The molecular weight excluding hydrogens is 206 g/mol. The van der Waals surface area contributed by atoms with Crippen LogP contribution in [0.2, 0.25) is 0 Å². The van der Waals surface area contributed by atoms with Gasteiger partial charge >= 0.3 is 0 Å². The summed E-state index contributed by atoms with van der Waals surface area (Å²) in [6.07, 6.45) is 0. The second kappa shape index (κ2) is 6.83. The summed E-state index contributed by atoms with van der Waals surface area (Å²) in [5.41, 5.74) is 0. The highest BCUT2D eigenvalue weighted by atomic mass is 16.3. The highest BCUT2D eigenvalue weighted by Crippen LogP contribution is 2.05. The van der Waals surface area contributed by atoms with Gasteiger partial charge in [-0.15, -0.1) is 0 Å². The van der Waals surface area contributed by atoms with Crippen molar-refractivity contribution in [2.24, 2.45) is 0 Å². The summed E-state index contributed by atoms with van der Waals surface area (Å²) in [4.78, 5) is 15.8. The molecule has 94 valence electrons. The van der Waals surface area contributed by atoms with Crippen LogP contribution in [0.4, 0.5) is 0 Å². The first-order valence-electron chi connectivity index (χ1n) is 6.01. The first-order valence-corrected chi connectivity index (χ1v) is 6.01. The second-order valence-corrected chi connectivity index (χ2v) is 4.30. The number of likely N-dealkylation sites (N-methyl/N-ethyl adjacent to an activating group) is 1. The maximum absolute atomic E-state index is 11.4. The van der Waals surface area contributed by atoms with Crippen LogP contribution >= 0.6 is 0 Å². The van der Waals surface area contributed by atoms with Gasteiger partial charge in [0.1, 0.15) is 0 Å². The zero-order valence-corrected chi connectivity index (χ0v) is 10.3. The lowest BCUT2D eigenvalue weighted by Gasteiger charge is -2.37. The summed E-state index contributed by atoms with van der Waals surface area (Å²) in [5.74, 6) is 0.103. The van der Waals surface area contributed by atoms with Crippen LogP contribution in [0, 0.1) is 0 Å². The van der Waals surface area contributed by atoms with Crippen LogP contribution < -0.4 is 5.32 Å². The van der Waals surface area contributed by atoms with Gasteiger partial charge in [-0.25, -0.2) is 0 Å². The molecule has 1 amide bonds.